The minimum atomic E-state index is -0.654. The molecule has 0 aromatic heterocycles. The number of benzene rings is 1. The second-order valence-electron chi connectivity index (χ2n) is 4.70. The quantitative estimate of drug-likeness (QED) is 0.612. The Morgan fingerprint density at radius 3 is 2.79 bits per heavy atom. The summed E-state index contributed by atoms with van der Waals surface area (Å²) in [5.74, 6) is 2.19. The first-order chi connectivity index (χ1) is 9.10. The topological polar surface area (TPSA) is 58.6 Å². The van der Waals surface area contributed by atoms with E-state index in [2.05, 4.69) is 11.2 Å². The third-order valence-electron chi connectivity index (χ3n) is 3.24. The van der Waals surface area contributed by atoms with Gasteiger partial charge in [-0.15, -0.1) is 6.42 Å². The maximum Gasteiger partial charge on any atom is 0.303 e. The van der Waals surface area contributed by atoms with E-state index in [1.165, 1.54) is 6.92 Å². The van der Waals surface area contributed by atoms with Crippen LogP contribution in [-0.4, -0.2) is 35.9 Å². The van der Waals surface area contributed by atoms with Crippen molar-refractivity contribution in [1.29, 1.82) is 0 Å². The monoisotopic (exact) mass is 259 g/mol. The summed E-state index contributed by atoms with van der Waals surface area (Å²) in [6.07, 6.45) is 4.84. The lowest BCUT2D eigenvalue weighted by molar-refractivity contribution is -0.151. The van der Waals surface area contributed by atoms with E-state index in [-0.39, 0.29) is 12.0 Å². The number of aliphatic hydroxyl groups is 1. The van der Waals surface area contributed by atoms with Gasteiger partial charge in [0.1, 0.15) is 12.2 Å². The second kappa shape index (κ2) is 5.87. The molecule has 1 aliphatic rings. The second-order valence-corrected chi connectivity index (χ2v) is 4.70. The Bertz CT molecular complexity index is 489. The van der Waals surface area contributed by atoms with Gasteiger partial charge in [-0.2, -0.15) is 0 Å². The van der Waals surface area contributed by atoms with Gasteiger partial charge in [0.2, 0.25) is 0 Å². The zero-order chi connectivity index (χ0) is 13.8. The molecule has 1 heterocycles. The van der Waals surface area contributed by atoms with Gasteiger partial charge in [-0.3, -0.25) is 4.79 Å². The van der Waals surface area contributed by atoms with Crippen LogP contribution in [0, 0.1) is 12.3 Å². The molecule has 4 nitrogen and oxygen atoms in total. The van der Waals surface area contributed by atoms with Crippen molar-refractivity contribution in [3.05, 3.63) is 35.4 Å². The van der Waals surface area contributed by atoms with E-state index in [0.717, 1.165) is 11.1 Å². The lowest BCUT2D eigenvalue weighted by Crippen LogP contribution is -2.38. The molecular formula is C15H17NO3. The summed E-state index contributed by atoms with van der Waals surface area (Å²) in [5.41, 5.74) is 1.92. The number of hydrogen-bond acceptors (Lipinski definition) is 4. The largest absolute Gasteiger partial charge is 0.458 e. The molecule has 0 unspecified atom stereocenters. The summed E-state index contributed by atoms with van der Waals surface area (Å²) in [6.45, 7) is 1.79. The van der Waals surface area contributed by atoms with Crippen LogP contribution in [0.3, 0.4) is 0 Å². The van der Waals surface area contributed by atoms with Crippen molar-refractivity contribution in [3.63, 3.8) is 0 Å². The van der Waals surface area contributed by atoms with E-state index in [9.17, 15) is 9.90 Å². The summed E-state index contributed by atoms with van der Waals surface area (Å²) in [4.78, 5) is 11.0. The van der Waals surface area contributed by atoms with Gasteiger partial charge in [-0.05, 0) is 24.1 Å². The Morgan fingerprint density at radius 1 is 1.53 bits per heavy atom. The van der Waals surface area contributed by atoms with Crippen molar-refractivity contribution in [2.24, 2.45) is 0 Å². The maximum absolute atomic E-state index is 11.0. The highest BCUT2D eigenvalue weighted by molar-refractivity contribution is 5.66. The number of ether oxygens (including phenoxy) is 1. The van der Waals surface area contributed by atoms with Crippen LogP contribution in [0.25, 0.3) is 0 Å². The van der Waals surface area contributed by atoms with Gasteiger partial charge in [0.05, 0.1) is 6.04 Å². The minimum Gasteiger partial charge on any atom is -0.458 e. The Morgan fingerprint density at radius 2 is 2.21 bits per heavy atom. The van der Waals surface area contributed by atoms with Gasteiger partial charge in [0, 0.05) is 19.0 Å². The molecule has 1 aromatic carbocycles. The predicted octanol–water partition coefficient (Wildman–Crippen LogP) is 0.475. The van der Waals surface area contributed by atoms with Gasteiger partial charge in [0.25, 0.3) is 0 Å². The summed E-state index contributed by atoms with van der Waals surface area (Å²) in [7, 11) is 0. The molecule has 0 aliphatic carbocycles. The predicted molar refractivity (Wildman–Crippen MR) is 71.4 cm³/mol. The van der Waals surface area contributed by atoms with Crippen LogP contribution in [0.5, 0.6) is 0 Å². The molecule has 2 rings (SSSR count). The number of β-amino-alcohol motifs (C(OH)–C–C–N with tert-alkyl or cyclic N) is 1. The standard InChI is InChI=1S/C15H17NO3/c1-3-11-4-6-12(7-5-11)8-13-15(19-10(2)17)14(18)9-16-13/h1,4-7,13-16,18H,8-9H2,2H3/t13-,14+,15+/m1/s1. The number of hydrogen-bond donors (Lipinski definition) is 2. The molecule has 100 valence electrons. The highest BCUT2D eigenvalue weighted by Gasteiger charge is 2.37. The van der Waals surface area contributed by atoms with Crippen LogP contribution >= 0.6 is 0 Å². The van der Waals surface area contributed by atoms with E-state index < -0.39 is 12.2 Å². The van der Waals surface area contributed by atoms with Crippen LogP contribution in [0.4, 0.5) is 0 Å². The molecule has 0 spiro atoms. The highest BCUT2D eigenvalue weighted by Crippen LogP contribution is 2.17. The van der Waals surface area contributed by atoms with Crippen LogP contribution in [-0.2, 0) is 16.0 Å². The molecule has 0 radical (unpaired) electrons. The smallest absolute Gasteiger partial charge is 0.303 e. The third-order valence-corrected chi connectivity index (χ3v) is 3.24. The average molecular weight is 259 g/mol. The number of nitrogens with one attached hydrogen (secondary N) is 1. The fourth-order valence-electron chi connectivity index (χ4n) is 2.30. The molecule has 2 N–H and O–H groups in total. The van der Waals surface area contributed by atoms with Crippen molar-refractivity contribution in [3.8, 4) is 12.3 Å². The van der Waals surface area contributed by atoms with E-state index in [0.29, 0.717) is 13.0 Å². The Balaban J connectivity index is 2.04. The van der Waals surface area contributed by atoms with Crippen molar-refractivity contribution in [2.75, 3.05) is 6.54 Å². The Hall–Kier alpha value is -1.83. The van der Waals surface area contributed by atoms with Gasteiger partial charge in [-0.25, -0.2) is 0 Å². The molecule has 0 saturated carbocycles. The van der Waals surface area contributed by atoms with Crippen LogP contribution in [0.1, 0.15) is 18.1 Å². The van der Waals surface area contributed by atoms with E-state index >= 15 is 0 Å². The molecule has 19 heavy (non-hydrogen) atoms. The third kappa shape index (κ3) is 3.34. The molecule has 1 aliphatic heterocycles. The van der Waals surface area contributed by atoms with Gasteiger partial charge in [0.15, 0.2) is 0 Å². The van der Waals surface area contributed by atoms with E-state index in [1.54, 1.807) is 0 Å². The van der Waals surface area contributed by atoms with Crippen molar-refractivity contribution >= 4 is 5.97 Å². The Labute approximate surface area is 112 Å². The first-order valence-corrected chi connectivity index (χ1v) is 6.24. The fourth-order valence-corrected chi connectivity index (χ4v) is 2.30. The summed E-state index contributed by atoms with van der Waals surface area (Å²) < 4.78 is 5.17. The molecule has 0 amide bonds. The zero-order valence-corrected chi connectivity index (χ0v) is 10.8. The molecule has 1 saturated heterocycles. The van der Waals surface area contributed by atoms with E-state index in [4.69, 9.17) is 11.2 Å². The molecule has 1 aromatic rings. The number of terminal acetylenes is 1. The molecule has 1 fully saturated rings. The summed E-state index contributed by atoms with van der Waals surface area (Å²) in [6, 6.07) is 7.58. The van der Waals surface area contributed by atoms with Crippen molar-refractivity contribution in [2.45, 2.75) is 31.6 Å². The molecule has 0 bridgehead atoms. The molecule has 4 heteroatoms. The number of carbonyl (C=O) groups excluding carboxylic acids is 1. The lowest BCUT2D eigenvalue weighted by atomic mass is 10.0. The SMILES string of the molecule is C#Cc1ccc(C[C@H]2NC[C@H](O)[C@H]2OC(C)=O)cc1. The molecular weight excluding hydrogens is 242 g/mol. The minimum absolute atomic E-state index is 0.0735. The lowest BCUT2D eigenvalue weighted by Gasteiger charge is -2.21. The molecule has 3 atom stereocenters. The van der Waals surface area contributed by atoms with E-state index in [1.807, 2.05) is 24.3 Å². The van der Waals surface area contributed by atoms with Gasteiger partial charge < -0.3 is 15.2 Å². The Kier molecular flexibility index (Phi) is 4.20. The average Bonchev–Trinajstić information content (AvgIpc) is 2.72. The van der Waals surface area contributed by atoms with Gasteiger partial charge in [-0.1, -0.05) is 18.1 Å². The number of carbonyl (C=O) groups is 1. The summed E-state index contributed by atoms with van der Waals surface area (Å²) in [5, 5.41) is 13.0. The van der Waals surface area contributed by atoms with Crippen LogP contribution < -0.4 is 5.32 Å². The first kappa shape index (κ1) is 13.6. The summed E-state index contributed by atoms with van der Waals surface area (Å²) >= 11 is 0. The van der Waals surface area contributed by atoms with Crippen molar-refractivity contribution < 1.29 is 14.6 Å². The number of aliphatic hydroxyl groups excluding tert-OH is 1. The zero-order valence-electron chi connectivity index (χ0n) is 10.8. The van der Waals surface area contributed by atoms with Crippen LogP contribution in [0.2, 0.25) is 0 Å². The number of esters is 1. The highest BCUT2D eigenvalue weighted by atomic mass is 16.6. The maximum atomic E-state index is 11.0. The van der Waals surface area contributed by atoms with Gasteiger partial charge >= 0.3 is 5.97 Å². The first-order valence-electron chi connectivity index (χ1n) is 6.24. The van der Waals surface area contributed by atoms with Crippen molar-refractivity contribution in [1.82, 2.24) is 5.32 Å². The fraction of sp³-hybridized carbons (Fsp3) is 0.400. The number of rotatable bonds is 3. The van der Waals surface area contributed by atoms with Crippen LogP contribution in [0.15, 0.2) is 24.3 Å². The normalized spacial score (nSPS) is 25.8.